The van der Waals surface area contributed by atoms with Crippen LogP contribution < -0.4 is 10.1 Å². The van der Waals surface area contributed by atoms with Crippen molar-refractivity contribution in [3.8, 4) is 5.75 Å². The van der Waals surface area contributed by atoms with E-state index < -0.39 is 0 Å². The van der Waals surface area contributed by atoms with Gasteiger partial charge in [-0.05, 0) is 60.0 Å². The number of ether oxygens (including phenoxy) is 1. The Bertz CT molecular complexity index is 967. The summed E-state index contributed by atoms with van der Waals surface area (Å²) >= 11 is 6.13. The molecule has 0 fully saturated rings. The Balaban J connectivity index is 1.73. The molecule has 1 aromatic heterocycles. The number of aromatic nitrogens is 1. The van der Waals surface area contributed by atoms with E-state index >= 15 is 0 Å². The van der Waals surface area contributed by atoms with Gasteiger partial charge in [0.1, 0.15) is 5.75 Å². The van der Waals surface area contributed by atoms with Crippen LogP contribution in [0.3, 0.4) is 0 Å². The highest BCUT2D eigenvalue weighted by Crippen LogP contribution is 2.18. The van der Waals surface area contributed by atoms with Gasteiger partial charge in [0, 0.05) is 35.7 Å². The number of carbonyl (C=O) groups is 1. The molecule has 3 rings (SSSR count). The maximum atomic E-state index is 13.0. The number of nitrogens with zero attached hydrogens (tertiary/aromatic N) is 2. The van der Waals surface area contributed by atoms with Gasteiger partial charge in [-0.1, -0.05) is 37.6 Å². The van der Waals surface area contributed by atoms with Crippen molar-refractivity contribution in [1.82, 2.24) is 9.47 Å². The van der Waals surface area contributed by atoms with Crippen molar-refractivity contribution < 1.29 is 9.53 Å². The molecule has 0 radical (unpaired) electrons. The number of anilines is 1. The lowest BCUT2D eigenvalue weighted by molar-refractivity contribution is 0.200. The van der Waals surface area contributed by atoms with E-state index in [1.165, 1.54) is 0 Å². The maximum absolute atomic E-state index is 13.0. The zero-order valence-electron chi connectivity index (χ0n) is 17.6. The molecule has 158 valence electrons. The first-order valence-corrected chi connectivity index (χ1v) is 10.4. The molecule has 1 heterocycles. The third-order valence-electron chi connectivity index (χ3n) is 4.73. The minimum absolute atomic E-state index is 0.121. The average molecular weight is 426 g/mol. The van der Waals surface area contributed by atoms with Crippen molar-refractivity contribution in [3.05, 3.63) is 83.1 Å². The molecule has 0 saturated carbocycles. The molecule has 6 heteroatoms. The van der Waals surface area contributed by atoms with Gasteiger partial charge in [0.05, 0.1) is 13.7 Å². The molecular weight excluding hydrogens is 398 g/mol. The Morgan fingerprint density at radius 1 is 1.13 bits per heavy atom. The highest BCUT2D eigenvalue weighted by Gasteiger charge is 2.17. The first-order valence-electron chi connectivity index (χ1n) is 10.0. The fourth-order valence-electron chi connectivity index (χ4n) is 3.31. The molecule has 0 unspecified atom stereocenters. The van der Waals surface area contributed by atoms with E-state index in [1.54, 1.807) is 7.11 Å². The van der Waals surface area contributed by atoms with Crippen LogP contribution in [0.15, 0.2) is 66.9 Å². The molecule has 3 aromatic rings. The van der Waals surface area contributed by atoms with Gasteiger partial charge in [-0.2, -0.15) is 0 Å². The Labute approximate surface area is 183 Å². The highest BCUT2D eigenvalue weighted by atomic mass is 35.5. The predicted molar refractivity (Wildman–Crippen MR) is 122 cm³/mol. The van der Waals surface area contributed by atoms with E-state index in [2.05, 4.69) is 35.9 Å². The van der Waals surface area contributed by atoms with Crippen molar-refractivity contribution >= 4 is 23.3 Å². The van der Waals surface area contributed by atoms with Gasteiger partial charge in [0.25, 0.3) is 0 Å². The molecule has 0 saturated heterocycles. The van der Waals surface area contributed by atoms with Crippen LogP contribution in [0.25, 0.3) is 0 Å². The second kappa shape index (κ2) is 10.2. The molecule has 2 amide bonds. The highest BCUT2D eigenvalue weighted by molar-refractivity contribution is 6.30. The summed E-state index contributed by atoms with van der Waals surface area (Å²) < 4.78 is 7.33. The smallest absolute Gasteiger partial charge is 0.322 e. The number of benzene rings is 2. The topological polar surface area (TPSA) is 46.5 Å². The predicted octanol–water partition coefficient (Wildman–Crippen LogP) is 5.89. The Morgan fingerprint density at radius 2 is 1.90 bits per heavy atom. The van der Waals surface area contributed by atoms with E-state index in [4.69, 9.17) is 16.3 Å². The summed E-state index contributed by atoms with van der Waals surface area (Å²) in [6.07, 6.45) is 2.03. The quantitative estimate of drug-likeness (QED) is 0.489. The lowest BCUT2D eigenvalue weighted by atomic mass is 10.2. The van der Waals surface area contributed by atoms with Crippen LogP contribution in [0, 0.1) is 5.92 Å². The number of hydrogen-bond donors (Lipinski definition) is 1. The van der Waals surface area contributed by atoms with Crippen molar-refractivity contribution in [2.45, 2.75) is 26.9 Å². The lowest BCUT2D eigenvalue weighted by Gasteiger charge is -2.26. The summed E-state index contributed by atoms with van der Waals surface area (Å²) in [5.41, 5.74) is 2.93. The number of nitrogens with one attached hydrogen (secondary N) is 1. The molecule has 0 aliphatic rings. The zero-order valence-corrected chi connectivity index (χ0v) is 18.4. The fraction of sp³-hybridized carbons (Fsp3) is 0.292. The van der Waals surface area contributed by atoms with E-state index in [1.807, 2.05) is 59.6 Å². The van der Waals surface area contributed by atoms with Crippen LogP contribution in [-0.4, -0.2) is 29.2 Å². The van der Waals surface area contributed by atoms with Gasteiger partial charge in [0.15, 0.2) is 0 Å². The van der Waals surface area contributed by atoms with Crippen molar-refractivity contribution in [2.75, 3.05) is 19.0 Å². The van der Waals surface area contributed by atoms with E-state index in [0.29, 0.717) is 25.6 Å². The van der Waals surface area contributed by atoms with Crippen LogP contribution in [0.2, 0.25) is 5.02 Å². The summed E-state index contributed by atoms with van der Waals surface area (Å²) in [5.74, 6) is 1.11. The zero-order chi connectivity index (χ0) is 21.5. The number of urea groups is 1. The van der Waals surface area contributed by atoms with E-state index in [0.717, 1.165) is 27.7 Å². The molecule has 0 spiro atoms. The molecule has 5 nitrogen and oxygen atoms in total. The second-order valence-electron chi connectivity index (χ2n) is 7.69. The number of rotatable bonds is 8. The van der Waals surface area contributed by atoms with Gasteiger partial charge in [-0.15, -0.1) is 0 Å². The normalized spacial score (nSPS) is 10.8. The Kier molecular flexibility index (Phi) is 7.41. The van der Waals surface area contributed by atoms with Gasteiger partial charge >= 0.3 is 6.03 Å². The van der Waals surface area contributed by atoms with Crippen LogP contribution in [0.1, 0.15) is 25.1 Å². The van der Waals surface area contributed by atoms with Gasteiger partial charge in [0.2, 0.25) is 0 Å². The monoisotopic (exact) mass is 425 g/mol. The Hall–Kier alpha value is -2.92. The summed E-state index contributed by atoms with van der Waals surface area (Å²) in [6.45, 7) is 6.11. The van der Waals surface area contributed by atoms with Crippen LogP contribution in [-0.2, 0) is 13.1 Å². The molecule has 0 bridgehead atoms. The average Bonchev–Trinajstić information content (AvgIpc) is 3.14. The van der Waals surface area contributed by atoms with Crippen molar-refractivity contribution in [1.29, 1.82) is 0 Å². The summed E-state index contributed by atoms with van der Waals surface area (Å²) in [7, 11) is 1.62. The van der Waals surface area contributed by atoms with Crippen molar-refractivity contribution in [3.63, 3.8) is 0 Å². The molecular formula is C24H28ClN3O2. The third-order valence-corrected chi connectivity index (χ3v) is 4.97. The maximum Gasteiger partial charge on any atom is 0.322 e. The van der Waals surface area contributed by atoms with Crippen LogP contribution in [0.5, 0.6) is 5.75 Å². The van der Waals surface area contributed by atoms with Crippen LogP contribution in [0.4, 0.5) is 10.5 Å². The minimum Gasteiger partial charge on any atom is -0.497 e. The summed E-state index contributed by atoms with van der Waals surface area (Å²) in [6, 6.07) is 19.1. The van der Waals surface area contributed by atoms with Gasteiger partial charge in [-0.25, -0.2) is 4.79 Å². The molecule has 0 aliphatic carbocycles. The SMILES string of the molecule is COc1ccc(NC(=O)N(Cc2cccn2Cc2cccc(Cl)c2)CC(C)C)cc1. The fourth-order valence-corrected chi connectivity index (χ4v) is 3.52. The number of hydrogen-bond acceptors (Lipinski definition) is 2. The molecule has 30 heavy (non-hydrogen) atoms. The summed E-state index contributed by atoms with van der Waals surface area (Å²) in [4.78, 5) is 14.8. The summed E-state index contributed by atoms with van der Waals surface area (Å²) in [5, 5.41) is 3.72. The number of methoxy groups -OCH3 is 1. The Morgan fingerprint density at radius 3 is 2.57 bits per heavy atom. The van der Waals surface area contributed by atoms with E-state index in [-0.39, 0.29) is 6.03 Å². The minimum atomic E-state index is -0.121. The standard InChI is InChI=1S/C24H28ClN3O2/c1-18(2)15-28(24(29)26-21-9-11-23(30-3)12-10-21)17-22-8-5-13-27(22)16-19-6-4-7-20(25)14-19/h4-14,18H,15-17H2,1-3H3,(H,26,29). The van der Waals surface area contributed by atoms with Crippen LogP contribution >= 0.6 is 11.6 Å². The largest absolute Gasteiger partial charge is 0.497 e. The molecule has 0 atom stereocenters. The third kappa shape index (κ3) is 6.04. The number of carbonyl (C=O) groups excluding carboxylic acids is 1. The first kappa shape index (κ1) is 21.8. The van der Waals surface area contributed by atoms with E-state index in [9.17, 15) is 4.79 Å². The van der Waals surface area contributed by atoms with Gasteiger partial charge < -0.3 is 19.5 Å². The number of halogens is 1. The lowest BCUT2D eigenvalue weighted by Crippen LogP contribution is -2.37. The molecule has 2 aromatic carbocycles. The first-order chi connectivity index (χ1) is 14.4. The molecule has 0 aliphatic heterocycles. The van der Waals surface area contributed by atoms with Crippen molar-refractivity contribution in [2.24, 2.45) is 5.92 Å². The second-order valence-corrected chi connectivity index (χ2v) is 8.13. The molecule has 1 N–H and O–H groups in total. The number of amides is 2. The van der Waals surface area contributed by atoms with Gasteiger partial charge in [-0.3, -0.25) is 0 Å².